The quantitative estimate of drug-likeness (QED) is 0.594. The summed E-state index contributed by atoms with van der Waals surface area (Å²) in [4.78, 5) is 12.3. The fraction of sp³-hybridized carbons (Fsp3) is 0. The molecule has 0 aliphatic heterocycles. The van der Waals surface area contributed by atoms with Crippen LogP contribution < -0.4 is 5.32 Å². The second-order valence-electron chi connectivity index (χ2n) is 5.46. The van der Waals surface area contributed by atoms with Crippen molar-refractivity contribution in [3.8, 4) is 11.3 Å². The molecule has 1 aromatic heterocycles. The van der Waals surface area contributed by atoms with Crippen molar-refractivity contribution in [3.63, 3.8) is 0 Å². The number of rotatable bonds is 3. The number of nitrogens with one attached hydrogen (secondary N) is 1. The zero-order valence-electron chi connectivity index (χ0n) is 12.8. The van der Waals surface area contributed by atoms with Crippen LogP contribution in [0.15, 0.2) is 83.4 Å². The zero-order valence-corrected chi connectivity index (χ0v) is 12.8. The SMILES string of the molecule is O=C(Nc1ccc2ccccc2c1)c1cc(-c2ccccc2)no1. The first kappa shape index (κ1) is 14.2. The van der Waals surface area contributed by atoms with E-state index in [2.05, 4.69) is 10.5 Å². The maximum absolute atomic E-state index is 12.3. The minimum Gasteiger partial charge on any atom is -0.350 e. The lowest BCUT2D eigenvalue weighted by molar-refractivity contribution is 0.0988. The Morgan fingerprint density at radius 3 is 2.42 bits per heavy atom. The van der Waals surface area contributed by atoms with E-state index in [0.29, 0.717) is 5.69 Å². The summed E-state index contributed by atoms with van der Waals surface area (Å²) in [7, 11) is 0. The van der Waals surface area contributed by atoms with Crippen molar-refractivity contribution >= 4 is 22.4 Å². The third-order valence-corrected chi connectivity index (χ3v) is 3.81. The molecule has 24 heavy (non-hydrogen) atoms. The number of amides is 1. The van der Waals surface area contributed by atoms with Gasteiger partial charge in [-0.15, -0.1) is 0 Å². The Balaban J connectivity index is 1.56. The smallest absolute Gasteiger partial charge is 0.294 e. The lowest BCUT2D eigenvalue weighted by atomic mass is 10.1. The summed E-state index contributed by atoms with van der Waals surface area (Å²) in [5.74, 6) is -0.137. The molecule has 0 aliphatic rings. The third-order valence-electron chi connectivity index (χ3n) is 3.81. The molecule has 1 amide bonds. The van der Waals surface area contributed by atoms with Gasteiger partial charge < -0.3 is 9.84 Å². The molecule has 0 atom stereocenters. The van der Waals surface area contributed by atoms with Gasteiger partial charge in [0.25, 0.3) is 5.91 Å². The van der Waals surface area contributed by atoms with Crippen LogP contribution in [-0.4, -0.2) is 11.1 Å². The number of aromatic nitrogens is 1. The zero-order chi connectivity index (χ0) is 16.4. The van der Waals surface area contributed by atoms with E-state index in [9.17, 15) is 4.79 Å². The predicted molar refractivity (Wildman–Crippen MR) is 93.8 cm³/mol. The number of fused-ring (bicyclic) bond motifs is 1. The molecular weight excluding hydrogens is 300 g/mol. The normalized spacial score (nSPS) is 10.7. The molecule has 0 aliphatic carbocycles. The highest BCUT2D eigenvalue weighted by Crippen LogP contribution is 2.21. The van der Waals surface area contributed by atoms with E-state index in [0.717, 1.165) is 22.0 Å². The fourth-order valence-corrected chi connectivity index (χ4v) is 2.59. The highest BCUT2D eigenvalue weighted by Gasteiger charge is 2.14. The van der Waals surface area contributed by atoms with Crippen molar-refractivity contribution < 1.29 is 9.32 Å². The van der Waals surface area contributed by atoms with Crippen LogP contribution in [0, 0.1) is 0 Å². The standard InChI is InChI=1S/C20H14N2O2/c23-20(19-13-18(22-24-19)15-7-2-1-3-8-15)21-17-11-10-14-6-4-5-9-16(14)12-17/h1-13H,(H,21,23). The Morgan fingerprint density at radius 1 is 0.833 bits per heavy atom. The van der Waals surface area contributed by atoms with Gasteiger partial charge in [0, 0.05) is 17.3 Å². The molecule has 0 fully saturated rings. The Hall–Kier alpha value is -3.40. The number of carbonyl (C=O) groups excluding carboxylic acids is 1. The summed E-state index contributed by atoms with van der Waals surface area (Å²) in [6.45, 7) is 0. The molecule has 4 heteroatoms. The Labute approximate surface area is 138 Å². The molecule has 1 heterocycles. The van der Waals surface area contributed by atoms with Gasteiger partial charge in [-0.1, -0.05) is 65.8 Å². The molecule has 1 N–H and O–H groups in total. The molecule has 0 radical (unpaired) electrons. The van der Waals surface area contributed by atoms with E-state index in [-0.39, 0.29) is 11.7 Å². The van der Waals surface area contributed by atoms with Gasteiger partial charge in [-0.2, -0.15) is 0 Å². The van der Waals surface area contributed by atoms with Crippen LogP contribution >= 0.6 is 0 Å². The second kappa shape index (κ2) is 6.01. The molecule has 3 aromatic carbocycles. The van der Waals surface area contributed by atoms with Gasteiger partial charge in [0.1, 0.15) is 5.69 Å². The van der Waals surface area contributed by atoms with Crippen LogP contribution in [-0.2, 0) is 0 Å². The van der Waals surface area contributed by atoms with Crippen LogP contribution in [0.4, 0.5) is 5.69 Å². The first-order chi connectivity index (χ1) is 11.8. The maximum atomic E-state index is 12.3. The van der Waals surface area contributed by atoms with Crippen LogP contribution in [0.5, 0.6) is 0 Å². The topological polar surface area (TPSA) is 55.1 Å². The Morgan fingerprint density at radius 2 is 1.58 bits per heavy atom. The minimum absolute atomic E-state index is 0.182. The number of benzene rings is 3. The lowest BCUT2D eigenvalue weighted by Crippen LogP contribution is -2.10. The summed E-state index contributed by atoms with van der Waals surface area (Å²) in [5.41, 5.74) is 2.27. The van der Waals surface area contributed by atoms with E-state index in [1.807, 2.05) is 72.8 Å². The molecule has 4 aromatic rings. The van der Waals surface area contributed by atoms with Crippen molar-refractivity contribution in [2.75, 3.05) is 5.32 Å². The average Bonchev–Trinajstić information content (AvgIpc) is 3.13. The largest absolute Gasteiger partial charge is 0.350 e. The first-order valence-corrected chi connectivity index (χ1v) is 7.62. The fourth-order valence-electron chi connectivity index (χ4n) is 2.59. The maximum Gasteiger partial charge on any atom is 0.294 e. The molecule has 0 spiro atoms. The monoisotopic (exact) mass is 314 g/mol. The van der Waals surface area contributed by atoms with Crippen molar-refractivity contribution in [2.45, 2.75) is 0 Å². The van der Waals surface area contributed by atoms with Crippen LogP contribution in [0.3, 0.4) is 0 Å². The molecule has 0 unspecified atom stereocenters. The summed E-state index contributed by atoms with van der Waals surface area (Å²) < 4.78 is 5.18. The molecule has 0 bridgehead atoms. The molecule has 4 nitrogen and oxygen atoms in total. The van der Waals surface area contributed by atoms with Crippen LogP contribution in [0.25, 0.3) is 22.0 Å². The Bertz CT molecular complexity index is 1010. The van der Waals surface area contributed by atoms with Gasteiger partial charge in [-0.3, -0.25) is 4.79 Å². The van der Waals surface area contributed by atoms with Crippen molar-refractivity contribution in [2.24, 2.45) is 0 Å². The first-order valence-electron chi connectivity index (χ1n) is 7.62. The van der Waals surface area contributed by atoms with E-state index in [4.69, 9.17) is 4.52 Å². The molecule has 4 rings (SSSR count). The lowest BCUT2D eigenvalue weighted by Gasteiger charge is -2.04. The van der Waals surface area contributed by atoms with Gasteiger partial charge in [-0.25, -0.2) is 0 Å². The van der Waals surface area contributed by atoms with Gasteiger partial charge >= 0.3 is 0 Å². The highest BCUT2D eigenvalue weighted by molar-refractivity contribution is 6.03. The van der Waals surface area contributed by atoms with E-state index in [1.165, 1.54) is 0 Å². The van der Waals surface area contributed by atoms with Crippen molar-refractivity contribution in [3.05, 3.63) is 84.6 Å². The summed E-state index contributed by atoms with van der Waals surface area (Å²) in [5, 5.41) is 9.00. The molecule has 0 saturated heterocycles. The molecular formula is C20H14N2O2. The third kappa shape index (κ3) is 2.77. The summed E-state index contributed by atoms with van der Waals surface area (Å²) in [6, 6.07) is 25.0. The number of carbonyl (C=O) groups is 1. The van der Waals surface area contributed by atoms with Crippen molar-refractivity contribution in [1.29, 1.82) is 0 Å². The number of hydrogen-bond acceptors (Lipinski definition) is 3. The number of nitrogens with zero attached hydrogens (tertiary/aromatic N) is 1. The average molecular weight is 314 g/mol. The van der Waals surface area contributed by atoms with Crippen LogP contribution in [0.1, 0.15) is 10.6 Å². The van der Waals surface area contributed by atoms with Gasteiger partial charge in [0.15, 0.2) is 0 Å². The van der Waals surface area contributed by atoms with E-state index >= 15 is 0 Å². The number of hydrogen-bond donors (Lipinski definition) is 1. The van der Waals surface area contributed by atoms with E-state index < -0.39 is 0 Å². The van der Waals surface area contributed by atoms with Gasteiger partial charge in [0.2, 0.25) is 5.76 Å². The molecule has 0 saturated carbocycles. The second-order valence-corrected chi connectivity index (χ2v) is 5.46. The van der Waals surface area contributed by atoms with Gasteiger partial charge in [0.05, 0.1) is 0 Å². The van der Waals surface area contributed by atoms with Crippen LogP contribution in [0.2, 0.25) is 0 Å². The highest BCUT2D eigenvalue weighted by atomic mass is 16.5. The van der Waals surface area contributed by atoms with E-state index in [1.54, 1.807) is 6.07 Å². The summed E-state index contributed by atoms with van der Waals surface area (Å²) >= 11 is 0. The predicted octanol–water partition coefficient (Wildman–Crippen LogP) is 4.75. The molecule has 116 valence electrons. The van der Waals surface area contributed by atoms with Gasteiger partial charge in [-0.05, 0) is 22.9 Å². The summed E-state index contributed by atoms with van der Waals surface area (Å²) in [6.07, 6.45) is 0. The number of anilines is 1. The minimum atomic E-state index is -0.319. The Kier molecular flexibility index (Phi) is 3.56. The van der Waals surface area contributed by atoms with Crippen molar-refractivity contribution in [1.82, 2.24) is 5.16 Å².